The first-order chi connectivity index (χ1) is 4.95. The van der Waals surface area contributed by atoms with Crippen LogP contribution in [-0.4, -0.2) is 36.5 Å². The molecule has 0 aromatic rings. The summed E-state index contributed by atoms with van der Waals surface area (Å²) in [6, 6.07) is 0.0349. The van der Waals surface area contributed by atoms with E-state index in [1.807, 2.05) is 25.9 Å². The lowest BCUT2D eigenvalue weighted by molar-refractivity contribution is -0.116. The van der Waals surface area contributed by atoms with E-state index in [0.29, 0.717) is 0 Å². The average Bonchev–Trinajstić information content (AvgIpc) is 1.87. The Bertz CT molecular complexity index is 140. The molecular formula is C7H13ClFNO. The van der Waals surface area contributed by atoms with Crippen LogP contribution in [0.25, 0.3) is 0 Å². The van der Waals surface area contributed by atoms with E-state index in [-0.39, 0.29) is 12.5 Å². The summed E-state index contributed by atoms with van der Waals surface area (Å²) < 4.78 is 12.6. The van der Waals surface area contributed by atoms with Crippen molar-refractivity contribution >= 4 is 16.8 Å². The maximum absolute atomic E-state index is 12.6. The fraction of sp³-hybridized carbons (Fsp3) is 0.857. The molecule has 0 aliphatic rings. The first-order valence-corrected chi connectivity index (χ1v) is 3.82. The Morgan fingerprint density at radius 2 is 2.09 bits per heavy atom. The lowest BCUT2D eigenvalue weighted by atomic mass is 10.1. The van der Waals surface area contributed by atoms with E-state index in [1.165, 1.54) is 0 Å². The Morgan fingerprint density at radius 3 is 2.36 bits per heavy atom. The van der Waals surface area contributed by atoms with Crippen molar-refractivity contribution in [3.8, 4) is 0 Å². The number of rotatable bonds is 4. The Morgan fingerprint density at radius 1 is 1.64 bits per heavy atom. The predicted octanol–water partition coefficient (Wildman–Crippen LogP) is 1.43. The SMILES string of the molecule is CC(C[C@@H](F)C(=O)Cl)N(C)C. The number of halogens is 2. The summed E-state index contributed by atoms with van der Waals surface area (Å²) in [6.07, 6.45) is -1.37. The van der Waals surface area contributed by atoms with Gasteiger partial charge in [-0.3, -0.25) is 4.79 Å². The van der Waals surface area contributed by atoms with Gasteiger partial charge in [-0.25, -0.2) is 4.39 Å². The zero-order valence-corrected chi connectivity index (χ0v) is 7.73. The van der Waals surface area contributed by atoms with Gasteiger partial charge in [0.2, 0.25) is 0 Å². The van der Waals surface area contributed by atoms with Crippen molar-refractivity contribution in [3.05, 3.63) is 0 Å². The minimum absolute atomic E-state index is 0.0349. The maximum Gasteiger partial charge on any atom is 0.255 e. The van der Waals surface area contributed by atoms with Gasteiger partial charge < -0.3 is 4.90 Å². The van der Waals surface area contributed by atoms with Crippen molar-refractivity contribution in [2.45, 2.75) is 25.6 Å². The number of hydrogen-bond donors (Lipinski definition) is 0. The number of carbonyl (C=O) groups is 1. The van der Waals surface area contributed by atoms with Gasteiger partial charge in [-0.05, 0) is 32.6 Å². The zero-order valence-electron chi connectivity index (χ0n) is 6.97. The van der Waals surface area contributed by atoms with Gasteiger partial charge in [0.05, 0.1) is 0 Å². The van der Waals surface area contributed by atoms with Crippen LogP contribution in [0.4, 0.5) is 4.39 Å². The van der Waals surface area contributed by atoms with Gasteiger partial charge in [-0.1, -0.05) is 0 Å². The molecule has 0 spiro atoms. The minimum atomic E-state index is -1.53. The highest BCUT2D eigenvalue weighted by atomic mass is 35.5. The number of hydrogen-bond acceptors (Lipinski definition) is 2. The lowest BCUT2D eigenvalue weighted by Crippen LogP contribution is -2.29. The number of nitrogens with zero attached hydrogens (tertiary/aromatic N) is 1. The van der Waals surface area contributed by atoms with Crippen molar-refractivity contribution in [1.82, 2.24) is 4.90 Å². The van der Waals surface area contributed by atoms with E-state index in [4.69, 9.17) is 11.6 Å². The van der Waals surface area contributed by atoms with E-state index < -0.39 is 11.4 Å². The Labute approximate surface area is 71.3 Å². The monoisotopic (exact) mass is 181 g/mol. The lowest BCUT2D eigenvalue weighted by Gasteiger charge is -2.19. The number of alkyl halides is 1. The summed E-state index contributed by atoms with van der Waals surface area (Å²) in [4.78, 5) is 12.1. The van der Waals surface area contributed by atoms with Crippen molar-refractivity contribution in [3.63, 3.8) is 0 Å². The molecule has 4 heteroatoms. The highest BCUT2D eigenvalue weighted by molar-refractivity contribution is 6.64. The van der Waals surface area contributed by atoms with Gasteiger partial charge >= 0.3 is 0 Å². The largest absolute Gasteiger partial charge is 0.307 e. The molecule has 0 fully saturated rings. The Kier molecular flexibility index (Phi) is 4.61. The first-order valence-electron chi connectivity index (χ1n) is 3.45. The fourth-order valence-corrected chi connectivity index (χ4v) is 0.692. The standard InChI is InChI=1S/C7H13ClFNO/c1-5(10(2)3)4-6(9)7(8)11/h5-6H,4H2,1-3H3/t5?,6-/m1/s1. The second-order valence-corrected chi connectivity index (χ2v) is 3.19. The molecule has 1 unspecified atom stereocenters. The highest BCUT2D eigenvalue weighted by Gasteiger charge is 2.18. The van der Waals surface area contributed by atoms with Crippen molar-refractivity contribution < 1.29 is 9.18 Å². The van der Waals surface area contributed by atoms with E-state index in [2.05, 4.69) is 0 Å². The average molecular weight is 182 g/mol. The van der Waals surface area contributed by atoms with Crippen LogP contribution >= 0.6 is 11.6 Å². The third-order valence-corrected chi connectivity index (χ3v) is 1.91. The summed E-state index contributed by atoms with van der Waals surface area (Å²) in [5, 5.41) is -0.904. The van der Waals surface area contributed by atoms with Crippen molar-refractivity contribution in [1.29, 1.82) is 0 Å². The second-order valence-electron chi connectivity index (χ2n) is 2.82. The predicted molar refractivity (Wildman–Crippen MR) is 43.5 cm³/mol. The molecule has 0 rings (SSSR count). The topological polar surface area (TPSA) is 20.3 Å². The van der Waals surface area contributed by atoms with E-state index in [9.17, 15) is 9.18 Å². The van der Waals surface area contributed by atoms with Crippen LogP contribution < -0.4 is 0 Å². The summed E-state index contributed by atoms with van der Waals surface area (Å²) >= 11 is 4.94. The molecule has 0 N–H and O–H groups in total. The van der Waals surface area contributed by atoms with Gasteiger partial charge in [0.15, 0.2) is 6.17 Å². The molecule has 2 atom stereocenters. The van der Waals surface area contributed by atoms with E-state index in [0.717, 1.165) is 0 Å². The molecule has 0 radical (unpaired) electrons. The molecule has 0 saturated carbocycles. The summed E-state index contributed by atoms with van der Waals surface area (Å²) in [5.74, 6) is 0. The van der Waals surface area contributed by atoms with Crippen LogP contribution in [0.3, 0.4) is 0 Å². The molecule has 0 aromatic heterocycles. The molecule has 0 saturated heterocycles. The fourth-order valence-electron chi connectivity index (χ4n) is 0.603. The maximum atomic E-state index is 12.6. The summed E-state index contributed by atoms with van der Waals surface area (Å²) in [7, 11) is 3.66. The highest BCUT2D eigenvalue weighted by Crippen LogP contribution is 2.08. The third kappa shape index (κ3) is 4.32. The molecule has 0 aromatic carbocycles. The molecule has 11 heavy (non-hydrogen) atoms. The van der Waals surface area contributed by atoms with Crippen molar-refractivity contribution in [2.75, 3.05) is 14.1 Å². The van der Waals surface area contributed by atoms with Crippen molar-refractivity contribution in [2.24, 2.45) is 0 Å². The van der Waals surface area contributed by atoms with Crippen LogP contribution in [-0.2, 0) is 4.79 Å². The quantitative estimate of drug-likeness (QED) is 0.612. The van der Waals surface area contributed by atoms with Gasteiger partial charge in [0.1, 0.15) is 0 Å². The molecule has 0 amide bonds. The molecular weight excluding hydrogens is 169 g/mol. The van der Waals surface area contributed by atoms with Crippen LogP contribution in [0.5, 0.6) is 0 Å². The molecule has 0 heterocycles. The number of carbonyl (C=O) groups excluding carboxylic acids is 1. The van der Waals surface area contributed by atoms with Crippen LogP contribution in [0.2, 0.25) is 0 Å². The van der Waals surface area contributed by atoms with Gasteiger partial charge in [-0.2, -0.15) is 0 Å². The molecule has 0 aliphatic carbocycles. The van der Waals surface area contributed by atoms with E-state index in [1.54, 1.807) is 0 Å². The third-order valence-electron chi connectivity index (χ3n) is 1.68. The van der Waals surface area contributed by atoms with Crippen LogP contribution in [0.1, 0.15) is 13.3 Å². The molecule has 0 aliphatic heterocycles. The zero-order chi connectivity index (χ0) is 9.02. The molecule has 66 valence electrons. The minimum Gasteiger partial charge on any atom is -0.307 e. The summed E-state index contributed by atoms with van der Waals surface area (Å²) in [6.45, 7) is 1.84. The van der Waals surface area contributed by atoms with Crippen LogP contribution in [0.15, 0.2) is 0 Å². The summed E-state index contributed by atoms with van der Waals surface area (Å²) in [5.41, 5.74) is 0. The second kappa shape index (κ2) is 4.67. The van der Waals surface area contributed by atoms with Crippen LogP contribution in [0, 0.1) is 0 Å². The molecule has 0 bridgehead atoms. The smallest absolute Gasteiger partial charge is 0.255 e. The normalized spacial score (nSPS) is 16.5. The Balaban J connectivity index is 3.75. The van der Waals surface area contributed by atoms with Gasteiger partial charge in [0.25, 0.3) is 5.24 Å². The Hall–Kier alpha value is -0.150. The van der Waals surface area contributed by atoms with E-state index >= 15 is 0 Å². The van der Waals surface area contributed by atoms with Gasteiger partial charge in [0, 0.05) is 12.5 Å². The molecule has 2 nitrogen and oxygen atoms in total. The first kappa shape index (κ1) is 10.8. The van der Waals surface area contributed by atoms with Gasteiger partial charge in [-0.15, -0.1) is 0 Å².